The summed E-state index contributed by atoms with van der Waals surface area (Å²) in [6, 6.07) is 10.2. The number of Topliss-reactive ketones (excluding diaryl/α,β-unsaturated/α-hetero) is 1. The van der Waals surface area contributed by atoms with Crippen molar-refractivity contribution < 1.29 is 28.9 Å². The largest absolute Gasteiger partial charge is 0.508 e. The third kappa shape index (κ3) is 4.94. The van der Waals surface area contributed by atoms with Gasteiger partial charge < -0.3 is 33.7 Å². The van der Waals surface area contributed by atoms with Gasteiger partial charge in [0.25, 0.3) is 5.91 Å². The second-order valence-electron chi connectivity index (χ2n) is 10.5. The smallest absolute Gasteiger partial charge is 0.271 e. The third-order valence-electron chi connectivity index (χ3n) is 7.98. The molecular formula is C30H34N4O6. The van der Waals surface area contributed by atoms with Crippen molar-refractivity contribution in [3.8, 4) is 17.2 Å². The minimum absolute atomic E-state index is 0.0150. The minimum Gasteiger partial charge on any atom is -0.508 e. The van der Waals surface area contributed by atoms with Crippen LogP contribution in [-0.4, -0.2) is 109 Å². The summed E-state index contributed by atoms with van der Waals surface area (Å²) in [5, 5.41) is 10.7. The van der Waals surface area contributed by atoms with E-state index in [4.69, 9.17) is 14.2 Å². The van der Waals surface area contributed by atoms with Gasteiger partial charge in [-0.05, 0) is 43.5 Å². The van der Waals surface area contributed by atoms with Crippen LogP contribution >= 0.6 is 0 Å². The number of hydrogen-bond acceptors (Lipinski definition) is 8. The summed E-state index contributed by atoms with van der Waals surface area (Å²) in [5.74, 6) is 0.679. The number of ether oxygens (including phenoxy) is 3. The van der Waals surface area contributed by atoms with E-state index >= 15 is 0 Å². The molecule has 3 aromatic rings. The fourth-order valence-corrected chi connectivity index (χ4v) is 5.63. The Hall–Kier alpha value is -3.86. The SMILES string of the molecule is COc1ccc2c(c1)c(/C=C1\Oc3cc(O)ccc3C1=O)c(C(=O)N1CCOCC1)n2CCN1CCN(C)CC1. The summed E-state index contributed by atoms with van der Waals surface area (Å²) in [5.41, 5.74) is 2.40. The van der Waals surface area contributed by atoms with Crippen LogP contribution in [-0.2, 0) is 11.3 Å². The number of phenolic OH excluding ortho intramolecular Hbond substituents is 1. The van der Waals surface area contributed by atoms with Crippen molar-refractivity contribution in [1.29, 1.82) is 0 Å². The van der Waals surface area contributed by atoms with E-state index in [1.165, 1.54) is 12.1 Å². The number of aromatic nitrogens is 1. The zero-order chi connectivity index (χ0) is 27.8. The van der Waals surface area contributed by atoms with Gasteiger partial charge in [-0.2, -0.15) is 0 Å². The number of hydrogen-bond donors (Lipinski definition) is 1. The quantitative estimate of drug-likeness (QED) is 0.472. The molecule has 210 valence electrons. The van der Waals surface area contributed by atoms with E-state index < -0.39 is 0 Å². The monoisotopic (exact) mass is 546 g/mol. The maximum Gasteiger partial charge on any atom is 0.271 e. The van der Waals surface area contributed by atoms with Crippen molar-refractivity contribution in [3.63, 3.8) is 0 Å². The van der Waals surface area contributed by atoms with Crippen LogP contribution in [0.3, 0.4) is 0 Å². The number of morpholine rings is 1. The van der Waals surface area contributed by atoms with Gasteiger partial charge in [-0.3, -0.25) is 14.5 Å². The van der Waals surface area contributed by atoms with Crippen LogP contribution in [0.25, 0.3) is 17.0 Å². The molecule has 1 N–H and O–H groups in total. The Labute approximate surface area is 232 Å². The number of likely N-dealkylation sites (N-methyl/N-ethyl adjacent to an activating group) is 1. The molecule has 0 radical (unpaired) electrons. The fourth-order valence-electron chi connectivity index (χ4n) is 5.63. The number of ketones is 1. The lowest BCUT2D eigenvalue weighted by Gasteiger charge is -2.32. The van der Waals surface area contributed by atoms with Crippen LogP contribution in [0.15, 0.2) is 42.2 Å². The molecule has 6 rings (SSSR count). The Kier molecular flexibility index (Phi) is 7.22. The first kappa shape index (κ1) is 26.4. The van der Waals surface area contributed by atoms with Crippen molar-refractivity contribution in [1.82, 2.24) is 19.3 Å². The Morgan fingerprint density at radius 1 is 1.02 bits per heavy atom. The van der Waals surface area contributed by atoms with Gasteiger partial charge >= 0.3 is 0 Å². The Bertz CT molecular complexity index is 1480. The Morgan fingerprint density at radius 2 is 1.80 bits per heavy atom. The van der Waals surface area contributed by atoms with E-state index in [9.17, 15) is 14.7 Å². The lowest BCUT2D eigenvalue weighted by Crippen LogP contribution is -2.45. The normalized spacial score (nSPS) is 19.3. The van der Waals surface area contributed by atoms with Gasteiger partial charge in [0, 0.05) is 74.9 Å². The molecule has 2 saturated heterocycles. The van der Waals surface area contributed by atoms with Crippen molar-refractivity contribution in [3.05, 3.63) is 59.0 Å². The average Bonchev–Trinajstić information content (AvgIpc) is 3.45. The highest BCUT2D eigenvalue weighted by atomic mass is 16.5. The van der Waals surface area contributed by atoms with Gasteiger partial charge in [0.2, 0.25) is 5.78 Å². The number of fused-ring (bicyclic) bond motifs is 2. The number of methoxy groups -OCH3 is 1. The molecule has 10 nitrogen and oxygen atoms in total. The summed E-state index contributed by atoms with van der Waals surface area (Å²) in [4.78, 5) is 34.0. The number of aromatic hydroxyl groups is 1. The highest BCUT2D eigenvalue weighted by Crippen LogP contribution is 2.37. The molecule has 0 bridgehead atoms. The second kappa shape index (κ2) is 11.0. The van der Waals surface area contributed by atoms with Crippen molar-refractivity contribution in [2.24, 2.45) is 0 Å². The molecule has 1 amide bonds. The van der Waals surface area contributed by atoms with E-state index in [0.717, 1.165) is 43.6 Å². The first-order valence-electron chi connectivity index (χ1n) is 13.7. The van der Waals surface area contributed by atoms with Crippen molar-refractivity contribution in [2.75, 3.05) is 73.2 Å². The zero-order valence-corrected chi connectivity index (χ0v) is 22.9. The number of nitrogens with zero attached hydrogens (tertiary/aromatic N) is 4. The topological polar surface area (TPSA) is 96.7 Å². The molecule has 10 heteroatoms. The fraction of sp³-hybridized carbons (Fsp3) is 0.400. The molecule has 0 unspecified atom stereocenters. The van der Waals surface area contributed by atoms with Crippen LogP contribution in [0.5, 0.6) is 17.2 Å². The lowest BCUT2D eigenvalue weighted by atomic mass is 10.1. The number of carbonyl (C=O) groups excluding carboxylic acids is 2. The van der Waals surface area contributed by atoms with E-state index in [2.05, 4.69) is 21.4 Å². The number of carbonyl (C=O) groups is 2. The Morgan fingerprint density at radius 3 is 2.55 bits per heavy atom. The molecule has 0 aliphatic carbocycles. The first-order chi connectivity index (χ1) is 19.4. The average molecular weight is 547 g/mol. The molecule has 3 aliphatic heterocycles. The summed E-state index contributed by atoms with van der Waals surface area (Å²) >= 11 is 0. The number of rotatable bonds is 6. The molecule has 1 aromatic heterocycles. The van der Waals surface area contributed by atoms with Gasteiger partial charge in [0.1, 0.15) is 22.9 Å². The second-order valence-corrected chi connectivity index (χ2v) is 10.5. The molecule has 3 aliphatic rings. The van der Waals surface area contributed by atoms with Crippen molar-refractivity contribution >= 4 is 28.7 Å². The number of phenols is 1. The highest BCUT2D eigenvalue weighted by molar-refractivity contribution is 6.16. The predicted molar refractivity (Wildman–Crippen MR) is 150 cm³/mol. The van der Waals surface area contributed by atoms with Gasteiger partial charge in [-0.25, -0.2) is 0 Å². The standard InChI is InChI=1S/C30H34N4O6/c1-31-7-9-32(10-8-31)11-12-34-25-6-4-21(38-2)18-23(25)24(28(34)30(37)33-13-15-39-16-14-33)19-27-29(36)22-5-3-20(35)17-26(22)40-27/h3-6,17-19,35H,7-16H2,1-2H3/b27-19-. The predicted octanol–water partition coefficient (Wildman–Crippen LogP) is 2.69. The van der Waals surface area contributed by atoms with E-state index in [0.29, 0.717) is 61.2 Å². The minimum atomic E-state index is -0.291. The molecule has 40 heavy (non-hydrogen) atoms. The van der Waals surface area contributed by atoms with Crippen LogP contribution in [0.1, 0.15) is 26.4 Å². The summed E-state index contributed by atoms with van der Waals surface area (Å²) in [6.07, 6.45) is 1.67. The molecular weight excluding hydrogens is 512 g/mol. The highest BCUT2D eigenvalue weighted by Gasteiger charge is 2.32. The van der Waals surface area contributed by atoms with Crippen LogP contribution in [0.4, 0.5) is 0 Å². The maximum absolute atomic E-state index is 14.2. The van der Waals surface area contributed by atoms with Gasteiger partial charge in [-0.15, -0.1) is 0 Å². The van der Waals surface area contributed by atoms with Crippen LogP contribution in [0, 0.1) is 0 Å². The van der Waals surface area contributed by atoms with Crippen LogP contribution in [0.2, 0.25) is 0 Å². The summed E-state index contributed by atoms with van der Waals surface area (Å²) in [6.45, 7) is 7.34. The van der Waals surface area contributed by atoms with E-state index in [-0.39, 0.29) is 23.2 Å². The molecule has 0 spiro atoms. The number of benzene rings is 2. The molecule has 2 fully saturated rings. The molecule has 0 atom stereocenters. The summed E-state index contributed by atoms with van der Waals surface area (Å²) in [7, 11) is 3.74. The zero-order valence-electron chi connectivity index (χ0n) is 22.9. The number of piperazine rings is 1. The number of allylic oxidation sites excluding steroid dienone is 1. The van der Waals surface area contributed by atoms with Gasteiger partial charge in [0.05, 0.1) is 25.9 Å². The summed E-state index contributed by atoms with van der Waals surface area (Å²) < 4.78 is 19.1. The molecule has 2 aromatic carbocycles. The van der Waals surface area contributed by atoms with E-state index in [1.807, 2.05) is 23.1 Å². The number of amides is 1. The third-order valence-corrected chi connectivity index (χ3v) is 7.98. The van der Waals surface area contributed by atoms with Crippen molar-refractivity contribution in [2.45, 2.75) is 6.54 Å². The van der Waals surface area contributed by atoms with Gasteiger partial charge in [0.15, 0.2) is 5.76 Å². The first-order valence-corrected chi connectivity index (χ1v) is 13.7. The van der Waals surface area contributed by atoms with Gasteiger partial charge in [-0.1, -0.05) is 0 Å². The van der Waals surface area contributed by atoms with E-state index in [1.54, 1.807) is 19.3 Å². The lowest BCUT2D eigenvalue weighted by molar-refractivity contribution is 0.0295. The van der Waals surface area contributed by atoms with Crippen LogP contribution < -0.4 is 9.47 Å². The molecule has 0 saturated carbocycles. The molecule has 4 heterocycles. The maximum atomic E-state index is 14.2. The Balaban J connectivity index is 1.47.